The predicted octanol–water partition coefficient (Wildman–Crippen LogP) is 0.755. The molecule has 0 amide bonds. The Morgan fingerprint density at radius 3 is 2.64 bits per heavy atom. The fourth-order valence-corrected chi connectivity index (χ4v) is 1.18. The highest BCUT2D eigenvalue weighted by atomic mass is 16.4. The molecule has 1 aliphatic carbocycles. The Labute approximate surface area is 65.9 Å². The van der Waals surface area contributed by atoms with Crippen LogP contribution in [0.15, 0.2) is 12.2 Å². The second-order valence-electron chi connectivity index (χ2n) is 2.97. The molecule has 0 aromatic heterocycles. The second-order valence-corrected chi connectivity index (χ2v) is 2.97. The molecule has 3 nitrogen and oxygen atoms in total. The summed E-state index contributed by atoms with van der Waals surface area (Å²) < 4.78 is 0. The number of hydrogen-bond donors (Lipinski definition) is 2. The molecule has 1 unspecified atom stereocenters. The van der Waals surface area contributed by atoms with E-state index in [9.17, 15) is 4.79 Å². The van der Waals surface area contributed by atoms with Gasteiger partial charge in [0.25, 0.3) is 0 Å². The molecule has 3 N–H and O–H groups in total. The van der Waals surface area contributed by atoms with Gasteiger partial charge in [-0.05, 0) is 18.8 Å². The minimum atomic E-state index is -0.917. The molecule has 0 spiro atoms. The third-order valence-corrected chi connectivity index (χ3v) is 2.16. The lowest BCUT2D eigenvalue weighted by Gasteiger charge is -2.29. The molecule has 1 saturated carbocycles. The van der Waals surface area contributed by atoms with Crippen LogP contribution < -0.4 is 5.73 Å². The van der Waals surface area contributed by atoms with Crippen molar-refractivity contribution in [2.75, 3.05) is 0 Å². The molecule has 0 heterocycles. The van der Waals surface area contributed by atoms with Crippen molar-refractivity contribution in [1.29, 1.82) is 0 Å². The lowest BCUT2D eigenvalue weighted by Crippen LogP contribution is -2.32. The van der Waals surface area contributed by atoms with Gasteiger partial charge in [-0.2, -0.15) is 0 Å². The summed E-state index contributed by atoms with van der Waals surface area (Å²) >= 11 is 0. The zero-order valence-electron chi connectivity index (χ0n) is 6.36. The number of carbonyl (C=O) groups is 1. The van der Waals surface area contributed by atoms with Gasteiger partial charge < -0.3 is 10.8 Å². The quantitative estimate of drug-likeness (QED) is 0.591. The Hall–Kier alpha value is -0.830. The third kappa shape index (κ3) is 2.35. The van der Waals surface area contributed by atoms with Crippen LogP contribution in [0.3, 0.4) is 0 Å². The highest BCUT2D eigenvalue weighted by Crippen LogP contribution is 2.28. The monoisotopic (exact) mass is 155 g/mol. The van der Waals surface area contributed by atoms with Gasteiger partial charge in [-0.3, -0.25) is 0 Å². The minimum absolute atomic E-state index is 0.0557. The predicted molar refractivity (Wildman–Crippen MR) is 42.1 cm³/mol. The van der Waals surface area contributed by atoms with Crippen LogP contribution in [0.25, 0.3) is 0 Å². The van der Waals surface area contributed by atoms with Crippen molar-refractivity contribution >= 4 is 5.97 Å². The van der Waals surface area contributed by atoms with E-state index in [1.807, 2.05) is 0 Å². The summed E-state index contributed by atoms with van der Waals surface area (Å²) in [5, 5.41) is 8.29. The summed E-state index contributed by atoms with van der Waals surface area (Å²) in [7, 11) is 0. The molecular weight excluding hydrogens is 142 g/mol. The van der Waals surface area contributed by atoms with Crippen molar-refractivity contribution in [3.05, 3.63) is 12.2 Å². The Balaban J connectivity index is 2.29. The number of rotatable bonds is 3. The summed E-state index contributed by atoms with van der Waals surface area (Å²) in [6.45, 7) is 0. The number of hydrogen-bond acceptors (Lipinski definition) is 2. The van der Waals surface area contributed by atoms with Gasteiger partial charge >= 0.3 is 5.97 Å². The second kappa shape index (κ2) is 3.53. The first-order valence-electron chi connectivity index (χ1n) is 3.87. The van der Waals surface area contributed by atoms with Gasteiger partial charge in [0.15, 0.2) is 0 Å². The normalized spacial score (nSPS) is 21.5. The van der Waals surface area contributed by atoms with E-state index in [0.29, 0.717) is 5.92 Å². The summed E-state index contributed by atoms with van der Waals surface area (Å²) in [6.07, 6.45) is 6.23. The van der Waals surface area contributed by atoms with Crippen molar-refractivity contribution in [1.82, 2.24) is 0 Å². The van der Waals surface area contributed by atoms with Crippen LogP contribution >= 0.6 is 0 Å². The summed E-state index contributed by atoms with van der Waals surface area (Å²) in [5.74, 6) is -0.398. The molecule has 1 aliphatic rings. The SMILES string of the molecule is NC(/C=C/C(=O)O)C1CCC1. The van der Waals surface area contributed by atoms with Gasteiger partial charge in [0.1, 0.15) is 0 Å². The Bertz CT molecular complexity index is 173. The first-order chi connectivity index (χ1) is 5.20. The van der Waals surface area contributed by atoms with Crippen LogP contribution in [0.2, 0.25) is 0 Å². The van der Waals surface area contributed by atoms with Crippen LogP contribution in [0.4, 0.5) is 0 Å². The lowest BCUT2D eigenvalue weighted by atomic mass is 9.80. The van der Waals surface area contributed by atoms with Crippen LogP contribution in [0.1, 0.15) is 19.3 Å². The molecule has 1 rings (SSSR count). The smallest absolute Gasteiger partial charge is 0.328 e. The van der Waals surface area contributed by atoms with E-state index in [4.69, 9.17) is 10.8 Å². The molecule has 0 radical (unpaired) electrons. The molecule has 0 saturated heterocycles. The minimum Gasteiger partial charge on any atom is -0.478 e. The summed E-state index contributed by atoms with van der Waals surface area (Å²) in [4.78, 5) is 10.1. The standard InChI is InChI=1S/C8H13NO2/c9-7(4-5-8(10)11)6-2-1-3-6/h4-7H,1-3,9H2,(H,10,11)/b5-4+. The van der Waals surface area contributed by atoms with Crippen molar-refractivity contribution in [2.24, 2.45) is 11.7 Å². The highest BCUT2D eigenvalue weighted by Gasteiger charge is 2.22. The number of carboxylic acids is 1. The molecule has 3 heteroatoms. The molecule has 0 bridgehead atoms. The lowest BCUT2D eigenvalue weighted by molar-refractivity contribution is -0.131. The average molecular weight is 155 g/mol. The summed E-state index contributed by atoms with van der Waals surface area (Å²) in [6, 6.07) is -0.0557. The van der Waals surface area contributed by atoms with Gasteiger partial charge in [0.05, 0.1) is 0 Å². The number of nitrogens with two attached hydrogens (primary N) is 1. The molecular formula is C8H13NO2. The van der Waals surface area contributed by atoms with E-state index in [2.05, 4.69) is 0 Å². The molecule has 0 aliphatic heterocycles. The average Bonchev–Trinajstić information content (AvgIpc) is 1.79. The van der Waals surface area contributed by atoms with Gasteiger partial charge in [-0.15, -0.1) is 0 Å². The first kappa shape index (κ1) is 8.27. The maximum Gasteiger partial charge on any atom is 0.328 e. The highest BCUT2D eigenvalue weighted by molar-refractivity contribution is 5.79. The maximum absolute atomic E-state index is 10.1. The maximum atomic E-state index is 10.1. The topological polar surface area (TPSA) is 63.3 Å². The number of carboxylic acid groups (broad SMARTS) is 1. The molecule has 11 heavy (non-hydrogen) atoms. The molecule has 0 aromatic carbocycles. The van der Waals surface area contributed by atoms with E-state index >= 15 is 0 Å². The van der Waals surface area contributed by atoms with Gasteiger partial charge in [-0.25, -0.2) is 4.79 Å². The van der Waals surface area contributed by atoms with Crippen LogP contribution in [-0.2, 0) is 4.79 Å². The first-order valence-corrected chi connectivity index (χ1v) is 3.87. The zero-order chi connectivity index (χ0) is 8.27. The van der Waals surface area contributed by atoms with E-state index in [1.54, 1.807) is 6.08 Å². The van der Waals surface area contributed by atoms with E-state index in [-0.39, 0.29) is 6.04 Å². The fraction of sp³-hybridized carbons (Fsp3) is 0.625. The summed E-state index contributed by atoms with van der Waals surface area (Å²) in [5.41, 5.74) is 5.68. The van der Waals surface area contributed by atoms with Crippen molar-refractivity contribution in [2.45, 2.75) is 25.3 Å². The van der Waals surface area contributed by atoms with Crippen LogP contribution in [0.5, 0.6) is 0 Å². The fourth-order valence-electron chi connectivity index (χ4n) is 1.18. The van der Waals surface area contributed by atoms with E-state index in [1.165, 1.54) is 6.42 Å². The Morgan fingerprint density at radius 1 is 1.64 bits per heavy atom. The molecule has 1 fully saturated rings. The Kier molecular flexibility index (Phi) is 2.65. The third-order valence-electron chi connectivity index (χ3n) is 2.16. The van der Waals surface area contributed by atoms with Gasteiger partial charge in [0.2, 0.25) is 0 Å². The van der Waals surface area contributed by atoms with Crippen LogP contribution in [-0.4, -0.2) is 17.1 Å². The van der Waals surface area contributed by atoms with E-state index in [0.717, 1.165) is 18.9 Å². The Morgan fingerprint density at radius 2 is 2.27 bits per heavy atom. The van der Waals surface area contributed by atoms with Gasteiger partial charge in [-0.1, -0.05) is 12.5 Å². The molecule has 0 aromatic rings. The van der Waals surface area contributed by atoms with E-state index < -0.39 is 5.97 Å². The van der Waals surface area contributed by atoms with Crippen molar-refractivity contribution < 1.29 is 9.90 Å². The number of aliphatic carboxylic acids is 1. The largest absolute Gasteiger partial charge is 0.478 e. The van der Waals surface area contributed by atoms with Crippen molar-refractivity contribution in [3.8, 4) is 0 Å². The molecule has 1 atom stereocenters. The van der Waals surface area contributed by atoms with Crippen molar-refractivity contribution in [3.63, 3.8) is 0 Å². The zero-order valence-corrected chi connectivity index (χ0v) is 6.36. The van der Waals surface area contributed by atoms with Crippen LogP contribution in [0, 0.1) is 5.92 Å². The molecule has 62 valence electrons. The van der Waals surface area contributed by atoms with Gasteiger partial charge in [0, 0.05) is 12.1 Å².